The second-order valence-corrected chi connectivity index (χ2v) is 5.09. The van der Waals surface area contributed by atoms with E-state index in [1.165, 1.54) is 41.5 Å². The molecule has 1 aliphatic rings. The third kappa shape index (κ3) is 1.54. The first kappa shape index (κ1) is 11.6. The van der Waals surface area contributed by atoms with Crippen molar-refractivity contribution >= 4 is 10.9 Å². The summed E-state index contributed by atoms with van der Waals surface area (Å²) in [4.78, 5) is 3.59. The molecule has 1 aromatic heterocycles. The van der Waals surface area contributed by atoms with Gasteiger partial charge in [-0.25, -0.2) is 0 Å². The summed E-state index contributed by atoms with van der Waals surface area (Å²) in [6.45, 7) is 2.18. The summed E-state index contributed by atoms with van der Waals surface area (Å²) < 4.78 is 5.48. The van der Waals surface area contributed by atoms with Crippen molar-refractivity contribution < 1.29 is 4.74 Å². The molecule has 3 nitrogen and oxygen atoms in total. The van der Waals surface area contributed by atoms with Crippen LogP contribution in [0, 0.1) is 6.92 Å². The molecule has 3 rings (SSSR count). The predicted molar refractivity (Wildman–Crippen MR) is 74.3 cm³/mol. The predicted octanol–water partition coefficient (Wildman–Crippen LogP) is 3.08. The van der Waals surface area contributed by atoms with Gasteiger partial charge in [-0.2, -0.15) is 0 Å². The van der Waals surface area contributed by atoms with E-state index in [2.05, 4.69) is 23.3 Å². The Balaban J connectivity index is 2.31. The van der Waals surface area contributed by atoms with Crippen molar-refractivity contribution in [1.29, 1.82) is 0 Å². The van der Waals surface area contributed by atoms with Crippen LogP contribution in [0.1, 0.15) is 35.7 Å². The van der Waals surface area contributed by atoms with Gasteiger partial charge in [0.1, 0.15) is 5.75 Å². The van der Waals surface area contributed by atoms with E-state index >= 15 is 0 Å². The van der Waals surface area contributed by atoms with Gasteiger partial charge in [-0.1, -0.05) is 6.07 Å². The zero-order valence-corrected chi connectivity index (χ0v) is 11.3. The van der Waals surface area contributed by atoms with Gasteiger partial charge in [-0.15, -0.1) is 0 Å². The van der Waals surface area contributed by atoms with E-state index in [1.54, 1.807) is 7.11 Å². The van der Waals surface area contributed by atoms with E-state index < -0.39 is 0 Å². The zero-order valence-electron chi connectivity index (χ0n) is 11.3. The number of rotatable bonds is 2. The number of fused-ring (bicyclic) bond motifs is 3. The summed E-state index contributed by atoms with van der Waals surface area (Å²) in [6, 6.07) is 4.65. The van der Waals surface area contributed by atoms with Gasteiger partial charge in [0.05, 0.1) is 12.6 Å². The maximum absolute atomic E-state index is 5.48. The van der Waals surface area contributed by atoms with Crippen LogP contribution in [0.2, 0.25) is 0 Å². The molecular weight excluding hydrogens is 224 g/mol. The average molecular weight is 244 g/mol. The van der Waals surface area contributed by atoms with Gasteiger partial charge in [0.15, 0.2) is 0 Å². The van der Waals surface area contributed by atoms with Crippen LogP contribution in [0.5, 0.6) is 5.75 Å². The first-order valence-electron chi connectivity index (χ1n) is 6.61. The number of aromatic amines is 1. The molecule has 1 aromatic carbocycles. The minimum Gasteiger partial charge on any atom is -0.495 e. The number of aromatic nitrogens is 1. The minimum absolute atomic E-state index is 0.449. The van der Waals surface area contributed by atoms with Crippen molar-refractivity contribution in [2.75, 3.05) is 14.2 Å². The summed E-state index contributed by atoms with van der Waals surface area (Å²) in [6.07, 6.45) is 3.63. The van der Waals surface area contributed by atoms with Gasteiger partial charge in [0, 0.05) is 17.1 Å². The standard InChI is InChI=1S/C15H20N2O/c1-9-7-8-12(18-3)15-13(9)10-5-4-6-11(16-2)14(10)17-15/h7-8,11,16-17H,4-6H2,1-3H3. The molecule has 2 aromatic rings. The van der Waals surface area contributed by atoms with Gasteiger partial charge in [0.25, 0.3) is 0 Å². The molecule has 0 fully saturated rings. The van der Waals surface area contributed by atoms with Crippen molar-refractivity contribution in [2.45, 2.75) is 32.2 Å². The number of H-pyrrole nitrogens is 1. The monoisotopic (exact) mass is 244 g/mol. The molecule has 0 bridgehead atoms. The average Bonchev–Trinajstić information content (AvgIpc) is 2.79. The van der Waals surface area contributed by atoms with Gasteiger partial charge in [-0.05, 0) is 50.4 Å². The van der Waals surface area contributed by atoms with Crippen molar-refractivity contribution in [3.05, 3.63) is 29.0 Å². The van der Waals surface area contributed by atoms with Gasteiger partial charge >= 0.3 is 0 Å². The number of ether oxygens (including phenoxy) is 1. The number of aryl methyl sites for hydroxylation is 2. The third-order valence-corrected chi connectivity index (χ3v) is 4.10. The Morgan fingerprint density at radius 2 is 2.22 bits per heavy atom. The molecule has 0 amide bonds. The lowest BCUT2D eigenvalue weighted by Crippen LogP contribution is -2.21. The highest BCUT2D eigenvalue weighted by molar-refractivity contribution is 5.92. The lowest BCUT2D eigenvalue weighted by molar-refractivity contribution is 0.418. The molecule has 1 unspecified atom stereocenters. The Hall–Kier alpha value is -1.48. The van der Waals surface area contributed by atoms with Crippen molar-refractivity contribution in [2.24, 2.45) is 0 Å². The normalized spacial score (nSPS) is 18.9. The van der Waals surface area contributed by atoms with Crippen LogP contribution in [-0.4, -0.2) is 19.1 Å². The fourth-order valence-corrected chi connectivity index (χ4v) is 3.19. The molecule has 0 saturated carbocycles. The van der Waals surface area contributed by atoms with Crippen LogP contribution in [-0.2, 0) is 6.42 Å². The van der Waals surface area contributed by atoms with E-state index in [0.717, 1.165) is 11.3 Å². The maximum atomic E-state index is 5.48. The van der Waals surface area contributed by atoms with Crippen LogP contribution in [0.15, 0.2) is 12.1 Å². The Morgan fingerprint density at radius 1 is 1.39 bits per heavy atom. The number of hydrogen-bond donors (Lipinski definition) is 2. The van der Waals surface area contributed by atoms with E-state index in [0.29, 0.717) is 6.04 Å². The molecule has 0 saturated heterocycles. The SMILES string of the molecule is CNC1CCCc2c1[nH]c1c(OC)ccc(C)c21. The lowest BCUT2D eigenvalue weighted by atomic mass is 9.90. The molecule has 1 atom stereocenters. The van der Waals surface area contributed by atoms with Crippen LogP contribution in [0.4, 0.5) is 0 Å². The zero-order chi connectivity index (χ0) is 12.7. The Kier molecular flexibility index (Phi) is 2.78. The minimum atomic E-state index is 0.449. The molecule has 2 N–H and O–H groups in total. The summed E-state index contributed by atoms with van der Waals surface area (Å²) in [5.74, 6) is 0.944. The highest BCUT2D eigenvalue weighted by Gasteiger charge is 2.24. The molecule has 0 radical (unpaired) electrons. The number of nitrogens with one attached hydrogen (secondary N) is 2. The van der Waals surface area contributed by atoms with Gasteiger partial charge in [-0.3, -0.25) is 0 Å². The van der Waals surface area contributed by atoms with Crippen molar-refractivity contribution in [3.63, 3.8) is 0 Å². The third-order valence-electron chi connectivity index (χ3n) is 4.10. The molecule has 18 heavy (non-hydrogen) atoms. The molecule has 0 aliphatic heterocycles. The first-order valence-corrected chi connectivity index (χ1v) is 6.61. The number of hydrogen-bond acceptors (Lipinski definition) is 2. The largest absolute Gasteiger partial charge is 0.495 e. The number of methoxy groups -OCH3 is 1. The Bertz CT molecular complexity index is 586. The fraction of sp³-hybridized carbons (Fsp3) is 0.467. The Morgan fingerprint density at radius 3 is 2.94 bits per heavy atom. The number of benzene rings is 1. The van der Waals surface area contributed by atoms with Crippen LogP contribution < -0.4 is 10.1 Å². The second-order valence-electron chi connectivity index (χ2n) is 5.09. The van der Waals surface area contributed by atoms with Crippen LogP contribution in [0.3, 0.4) is 0 Å². The molecule has 1 heterocycles. The summed E-state index contributed by atoms with van der Waals surface area (Å²) in [5, 5.41) is 4.77. The molecule has 0 spiro atoms. The second kappa shape index (κ2) is 4.32. The molecule has 1 aliphatic carbocycles. The fourth-order valence-electron chi connectivity index (χ4n) is 3.19. The lowest BCUT2D eigenvalue weighted by Gasteiger charge is -2.22. The maximum Gasteiger partial charge on any atom is 0.142 e. The first-order chi connectivity index (χ1) is 8.76. The highest BCUT2D eigenvalue weighted by Crippen LogP contribution is 2.39. The summed E-state index contributed by atoms with van der Waals surface area (Å²) >= 11 is 0. The summed E-state index contributed by atoms with van der Waals surface area (Å²) in [7, 11) is 3.77. The van der Waals surface area contributed by atoms with Crippen LogP contribution >= 0.6 is 0 Å². The Labute approximate surface area is 108 Å². The van der Waals surface area contributed by atoms with Gasteiger partial charge in [0.2, 0.25) is 0 Å². The summed E-state index contributed by atoms with van der Waals surface area (Å²) in [5.41, 5.74) is 5.32. The molecule has 96 valence electrons. The van der Waals surface area contributed by atoms with Crippen molar-refractivity contribution in [1.82, 2.24) is 10.3 Å². The molecule has 3 heteroatoms. The van der Waals surface area contributed by atoms with Crippen LogP contribution in [0.25, 0.3) is 10.9 Å². The topological polar surface area (TPSA) is 37.0 Å². The van der Waals surface area contributed by atoms with E-state index in [9.17, 15) is 0 Å². The van der Waals surface area contributed by atoms with Crippen molar-refractivity contribution in [3.8, 4) is 5.75 Å². The van der Waals surface area contributed by atoms with E-state index in [1.807, 2.05) is 13.1 Å². The van der Waals surface area contributed by atoms with Gasteiger partial charge < -0.3 is 15.0 Å². The smallest absolute Gasteiger partial charge is 0.142 e. The molecular formula is C15H20N2O. The quantitative estimate of drug-likeness (QED) is 0.851. The van der Waals surface area contributed by atoms with E-state index in [4.69, 9.17) is 4.74 Å². The van der Waals surface area contributed by atoms with E-state index in [-0.39, 0.29) is 0 Å². The highest BCUT2D eigenvalue weighted by atomic mass is 16.5.